The van der Waals surface area contributed by atoms with Gasteiger partial charge in [-0.15, -0.1) is 0 Å². The van der Waals surface area contributed by atoms with Crippen LogP contribution in [0.5, 0.6) is 0 Å². The predicted octanol–water partition coefficient (Wildman–Crippen LogP) is 2.94. The number of sulfone groups is 1. The molecule has 0 aliphatic carbocycles. The topological polar surface area (TPSA) is 82.9 Å². The first-order valence-corrected chi connectivity index (χ1v) is 7.52. The summed E-state index contributed by atoms with van der Waals surface area (Å²) in [5.74, 6) is 0.0316. The Morgan fingerprint density at radius 2 is 2.11 bits per heavy atom. The fraction of sp³-hybridized carbons (Fsp3) is 0.333. The van der Waals surface area contributed by atoms with Crippen molar-refractivity contribution in [1.29, 1.82) is 0 Å². The second-order valence-corrected chi connectivity index (χ2v) is 6.05. The highest BCUT2D eigenvalue weighted by atomic mass is 32.2. The molecule has 18 heavy (non-hydrogen) atoms. The van der Waals surface area contributed by atoms with Gasteiger partial charge in [0.15, 0.2) is 9.84 Å². The summed E-state index contributed by atoms with van der Waals surface area (Å²) in [5, 5.41) is 3.42. The maximum Gasteiger partial charge on any atom is 0.151 e. The molecule has 0 spiro atoms. The summed E-state index contributed by atoms with van der Waals surface area (Å²) >= 11 is 0. The maximum atomic E-state index is 11.3. The zero-order valence-corrected chi connectivity index (χ0v) is 11.0. The molecule has 0 bridgehead atoms. The first kappa shape index (κ1) is 14.3. The van der Waals surface area contributed by atoms with E-state index in [0.717, 1.165) is 11.1 Å². The van der Waals surface area contributed by atoms with Crippen molar-refractivity contribution < 1.29 is 8.42 Å². The highest BCUT2D eigenvalue weighted by molar-refractivity contribution is 7.89. The number of nitrogens with zero attached hydrogens (tertiary/aromatic N) is 3. The Bertz CT molecular complexity index is 573. The van der Waals surface area contributed by atoms with Gasteiger partial charge < -0.3 is 0 Å². The molecule has 0 radical (unpaired) electrons. The van der Waals surface area contributed by atoms with E-state index in [1.165, 1.54) is 6.26 Å². The highest BCUT2D eigenvalue weighted by Gasteiger charge is 2.06. The number of rotatable bonds is 6. The van der Waals surface area contributed by atoms with Crippen LogP contribution in [0.25, 0.3) is 16.5 Å². The van der Waals surface area contributed by atoms with E-state index in [4.69, 9.17) is 5.53 Å². The van der Waals surface area contributed by atoms with Crippen molar-refractivity contribution in [3.8, 4) is 0 Å². The van der Waals surface area contributed by atoms with E-state index >= 15 is 0 Å². The van der Waals surface area contributed by atoms with Gasteiger partial charge in [-0.25, -0.2) is 8.42 Å². The fourth-order valence-electron chi connectivity index (χ4n) is 1.50. The van der Waals surface area contributed by atoms with Gasteiger partial charge in [0.1, 0.15) is 0 Å². The van der Waals surface area contributed by atoms with Crippen LogP contribution in [0.15, 0.2) is 35.5 Å². The van der Waals surface area contributed by atoms with Crippen LogP contribution >= 0.6 is 0 Å². The molecule has 1 aromatic rings. The average Bonchev–Trinajstić information content (AvgIpc) is 2.29. The van der Waals surface area contributed by atoms with Crippen LogP contribution < -0.4 is 0 Å². The van der Waals surface area contributed by atoms with Gasteiger partial charge in [-0.3, -0.25) is 0 Å². The van der Waals surface area contributed by atoms with E-state index in [0.29, 0.717) is 13.0 Å². The third-order valence-corrected chi connectivity index (χ3v) is 3.06. The molecule has 1 rings (SSSR count). The van der Waals surface area contributed by atoms with Crippen LogP contribution in [-0.4, -0.2) is 21.2 Å². The molecule has 0 unspecified atom stereocenters. The summed E-state index contributed by atoms with van der Waals surface area (Å²) in [7, 11) is -3.04. The fourth-order valence-corrected chi connectivity index (χ4v) is 2.33. The van der Waals surface area contributed by atoms with Crippen LogP contribution in [0.2, 0.25) is 0 Å². The molecule has 0 heterocycles. The first-order chi connectivity index (χ1) is 8.53. The summed E-state index contributed by atoms with van der Waals surface area (Å²) in [6.45, 7) is 0.404. The van der Waals surface area contributed by atoms with Gasteiger partial charge in [0, 0.05) is 17.7 Å². The van der Waals surface area contributed by atoms with E-state index in [1.54, 1.807) is 6.07 Å². The molecule has 0 saturated carbocycles. The molecular weight excluding hydrogens is 250 g/mol. The lowest BCUT2D eigenvalue weighted by Crippen LogP contribution is -2.02. The lowest BCUT2D eigenvalue weighted by molar-refractivity contribution is 0.601. The summed E-state index contributed by atoms with van der Waals surface area (Å²) in [5.41, 5.74) is 9.78. The summed E-state index contributed by atoms with van der Waals surface area (Å²) in [6, 6.07) is 7.34. The van der Waals surface area contributed by atoms with Crippen molar-refractivity contribution in [2.24, 2.45) is 5.11 Å². The Kier molecular flexibility index (Phi) is 5.42. The molecule has 96 valence electrons. The third-order valence-electron chi connectivity index (χ3n) is 2.23. The maximum absolute atomic E-state index is 11.3. The van der Waals surface area contributed by atoms with E-state index in [1.807, 2.05) is 30.4 Å². The SMILES string of the molecule is CS(=O)(=O)Cc1ccccc1C=CCCN=[N+]=[N-]. The van der Waals surface area contributed by atoms with Gasteiger partial charge in [-0.2, -0.15) is 0 Å². The van der Waals surface area contributed by atoms with Gasteiger partial charge in [-0.1, -0.05) is 41.5 Å². The number of azide groups is 1. The van der Waals surface area contributed by atoms with Gasteiger partial charge in [-0.05, 0) is 23.1 Å². The molecule has 0 aliphatic heterocycles. The molecular formula is C12H15N3O2S. The van der Waals surface area contributed by atoms with Crippen molar-refractivity contribution in [3.05, 3.63) is 51.9 Å². The first-order valence-electron chi connectivity index (χ1n) is 5.46. The van der Waals surface area contributed by atoms with Crippen LogP contribution in [0.1, 0.15) is 17.5 Å². The largest absolute Gasteiger partial charge is 0.229 e. The van der Waals surface area contributed by atoms with E-state index in [9.17, 15) is 8.42 Å². The molecule has 0 aromatic heterocycles. The van der Waals surface area contributed by atoms with E-state index in [2.05, 4.69) is 10.0 Å². The molecule has 0 aliphatic rings. The standard InChI is InChI=1S/C12H15N3O2S/c1-18(16,17)10-12-8-3-2-6-11(12)7-4-5-9-14-15-13/h2-4,6-8H,5,9-10H2,1H3. The van der Waals surface area contributed by atoms with Crippen LogP contribution in [0.3, 0.4) is 0 Å². The summed E-state index contributed by atoms with van der Waals surface area (Å²) in [4.78, 5) is 2.66. The van der Waals surface area contributed by atoms with Crippen molar-refractivity contribution in [2.75, 3.05) is 12.8 Å². The predicted molar refractivity (Wildman–Crippen MR) is 72.7 cm³/mol. The minimum Gasteiger partial charge on any atom is -0.229 e. The Hall–Kier alpha value is -1.78. The third kappa shape index (κ3) is 5.52. The zero-order valence-electron chi connectivity index (χ0n) is 10.2. The second-order valence-electron chi connectivity index (χ2n) is 3.91. The normalized spacial score (nSPS) is 11.4. The quantitative estimate of drug-likeness (QED) is 0.343. The Labute approximate surface area is 107 Å². The van der Waals surface area contributed by atoms with Gasteiger partial charge in [0.25, 0.3) is 0 Å². The minimum atomic E-state index is -3.04. The van der Waals surface area contributed by atoms with Crippen LogP contribution in [0.4, 0.5) is 0 Å². The van der Waals surface area contributed by atoms with Crippen molar-refractivity contribution >= 4 is 15.9 Å². The molecule has 5 nitrogen and oxygen atoms in total. The monoisotopic (exact) mass is 265 g/mol. The van der Waals surface area contributed by atoms with Crippen molar-refractivity contribution in [3.63, 3.8) is 0 Å². The molecule has 0 saturated heterocycles. The molecule has 0 N–H and O–H groups in total. The molecule has 0 fully saturated rings. The molecule has 0 amide bonds. The van der Waals surface area contributed by atoms with E-state index in [-0.39, 0.29) is 5.75 Å². The zero-order chi connectivity index (χ0) is 13.4. The average molecular weight is 265 g/mol. The number of hydrogen-bond acceptors (Lipinski definition) is 3. The second kappa shape index (κ2) is 6.83. The number of benzene rings is 1. The number of hydrogen-bond donors (Lipinski definition) is 0. The lowest BCUT2D eigenvalue weighted by atomic mass is 10.1. The minimum absolute atomic E-state index is 0.0316. The van der Waals surface area contributed by atoms with Gasteiger partial charge in [0.2, 0.25) is 0 Å². The molecule has 0 atom stereocenters. The van der Waals surface area contributed by atoms with Crippen molar-refractivity contribution in [1.82, 2.24) is 0 Å². The summed E-state index contributed by atoms with van der Waals surface area (Å²) in [6.07, 6.45) is 5.58. The molecule has 1 aromatic carbocycles. The van der Waals surface area contributed by atoms with Gasteiger partial charge in [0.05, 0.1) is 5.75 Å². The highest BCUT2D eigenvalue weighted by Crippen LogP contribution is 2.14. The van der Waals surface area contributed by atoms with Crippen molar-refractivity contribution in [2.45, 2.75) is 12.2 Å². The van der Waals surface area contributed by atoms with E-state index < -0.39 is 9.84 Å². The smallest absolute Gasteiger partial charge is 0.151 e. The lowest BCUT2D eigenvalue weighted by Gasteiger charge is -2.04. The summed E-state index contributed by atoms with van der Waals surface area (Å²) < 4.78 is 22.6. The van der Waals surface area contributed by atoms with Crippen LogP contribution in [0, 0.1) is 0 Å². The Balaban J connectivity index is 2.79. The Morgan fingerprint density at radius 3 is 2.78 bits per heavy atom. The molecule has 6 heteroatoms. The van der Waals surface area contributed by atoms with Crippen LogP contribution in [-0.2, 0) is 15.6 Å². The Morgan fingerprint density at radius 1 is 1.39 bits per heavy atom. The van der Waals surface area contributed by atoms with Gasteiger partial charge >= 0.3 is 0 Å².